The molecule has 0 heterocycles. The largest absolute Gasteiger partial charge is 0.398 e. The Kier molecular flexibility index (Phi) is 4.29. The summed E-state index contributed by atoms with van der Waals surface area (Å²) < 4.78 is 0.690. The topological polar surface area (TPSA) is 72.3 Å². The third-order valence-electron chi connectivity index (χ3n) is 3.12. The molecule has 104 valence electrons. The second kappa shape index (κ2) is 5.96. The fraction of sp³-hybridized carbons (Fsp3) is 0.133. The molecule has 1 amide bonds. The second-order valence-electron chi connectivity index (χ2n) is 4.58. The summed E-state index contributed by atoms with van der Waals surface area (Å²) in [5, 5.41) is 0. The molecule has 0 radical (unpaired) electrons. The van der Waals surface area contributed by atoms with E-state index in [-0.39, 0.29) is 0 Å². The SMILES string of the molecule is CN(Cc1ccccc1N)c1ccc(C(N)=O)c(Br)c1. The zero-order valence-electron chi connectivity index (χ0n) is 11.1. The van der Waals surface area contributed by atoms with Crippen LogP contribution in [0.5, 0.6) is 0 Å². The Balaban J connectivity index is 2.22. The lowest BCUT2D eigenvalue weighted by Gasteiger charge is -2.21. The number of primary amides is 1. The quantitative estimate of drug-likeness (QED) is 0.845. The average Bonchev–Trinajstić information content (AvgIpc) is 2.40. The van der Waals surface area contributed by atoms with Crippen molar-refractivity contribution in [1.29, 1.82) is 0 Å². The summed E-state index contributed by atoms with van der Waals surface area (Å²) in [6, 6.07) is 13.2. The number of carbonyl (C=O) groups excluding carboxylic acids is 1. The first-order valence-electron chi connectivity index (χ1n) is 6.13. The van der Waals surface area contributed by atoms with Crippen molar-refractivity contribution in [2.45, 2.75) is 6.54 Å². The standard InChI is InChI=1S/C15H16BrN3O/c1-19(9-10-4-2-3-5-14(10)17)11-6-7-12(15(18)20)13(16)8-11/h2-8H,9,17H2,1H3,(H2,18,20). The Morgan fingerprint density at radius 1 is 1.25 bits per heavy atom. The van der Waals surface area contributed by atoms with Gasteiger partial charge in [-0.2, -0.15) is 0 Å². The van der Waals surface area contributed by atoms with Gasteiger partial charge in [0.1, 0.15) is 0 Å². The van der Waals surface area contributed by atoms with Gasteiger partial charge in [-0.25, -0.2) is 0 Å². The van der Waals surface area contributed by atoms with Crippen LogP contribution in [0.15, 0.2) is 46.9 Å². The van der Waals surface area contributed by atoms with Gasteiger partial charge in [-0.1, -0.05) is 18.2 Å². The van der Waals surface area contributed by atoms with E-state index in [1.807, 2.05) is 43.4 Å². The predicted molar refractivity (Wildman–Crippen MR) is 85.6 cm³/mol. The lowest BCUT2D eigenvalue weighted by Crippen LogP contribution is -2.18. The van der Waals surface area contributed by atoms with Gasteiger partial charge in [0.15, 0.2) is 0 Å². The van der Waals surface area contributed by atoms with Crippen molar-refractivity contribution in [3.05, 3.63) is 58.1 Å². The van der Waals surface area contributed by atoms with E-state index in [1.165, 1.54) is 0 Å². The maximum atomic E-state index is 11.2. The average molecular weight is 334 g/mol. The van der Waals surface area contributed by atoms with E-state index in [2.05, 4.69) is 20.8 Å². The molecule has 20 heavy (non-hydrogen) atoms. The monoisotopic (exact) mass is 333 g/mol. The summed E-state index contributed by atoms with van der Waals surface area (Å²) in [6.07, 6.45) is 0. The van der Waals surface area contributed by atoms with Crippen molar-refractivity contribution in [2.24, 2.45) is 5.73 Å². The number of nitrogen functional groups attached to an aromatic ring is 1. The molecule has 2 aromatic carbocycles. The maximum Gasteiger partial charge on any atom is 0.249 e. The molecular weight excluding hydrogens is 318 g/mol. The van der Waals surface area contributed by atoms with Gasteiger partial charge in [-0.15, -0.1) is 0 Å². The van der Waals surface area contributed by atoms with Crippen LogP contribution in [-0.2, 0) is 6.54 Å². The molecule has 0 aliphatic rings. The van der Waals surface area contributed by atoms with E-state index in [9.17, 15) is 4.79 Å². The van der Waals surface area contributed by atoms with Gasteiger partial charge in [-0.3, -0.25) is 4.79 Å². The minimum Gasteiger partial charge on any atom is -0.398 e. The molecule has 0 bridgehead atoms. The molecule has 0 saturated carbocycles. The van der Waals surface area contributed by atoms with Crippen LogP contribution in [0.2, 0.25) is 0 Å². The summed E-state index contributed by atoms with van der Waals surface area (Å²) >= 11 is 3.36. The van der Waals surface area contributed by atoms with Crippen molar-refractivity contribution < 1.29 is 4.79 Å². The number of rotatable bonds is 4. The Morgan fingerprint density at radius 3 is 2.55 bits per heavy atom. The number of carbonyl (C=O) groups is 1. The van der Waals surface area contributed by atoms with Crippen LogP contribution < -0.4 is 16.4 Å². The lowest BCUT2D eigenvalue weighted by molar-refractivity contribution is 0.0999. The summed E-state index contributed by atoms with van der Waals surface area (Å²) in [6.45, 7) is 0.690. The Hall–Kier alpha value is -2.01. The van der Waals surface area contributed by atoms with Crippen LogP contribution >= 0.6 is 15.9 Å². The van der Waals surface area contributed by atoms with Gasteiger partial charge in [-0.05, 0) is 45.8 Å². The minimum atomic E-state index is -0.446. The Morgan fingerprint density at radius 2 is 1.95 bits per heavy atom. The molecule has 4 N–H and O–H groups in total. The van der Waals surface area contributed by atoms with Crippen molar-refractivity contribution in [2.75, 3.05) is 17.7 Å². The number of nitrogens with zero attached hydrogens (tertiary/aromatic N) is 1. The van der Waals surface area contributed by atoms with E-state index in [0.717, 1.165) is 16.9 Å². The van der Waals surface area contributed by atoms with Gasteiger partial charge in [0.05, 0.1) is 5.56 Å². The lowest BCUT2D eigenvalue weighted by atomic mass is 10.1. The molecule has 0 aliphatic heterocycles. The van der Waals surface area contributed by atoms with Crippen LogP contribution in [0.4, 0.5) is 11.4 Å². The highest BCUT2D eigenvalue weighted by Gasteiger charge is 2.10. The first-order chi connectivity index (χ1) is 9.49. The third kappa shape index (κ3) is 3.11. The normalized spacial score (nSPS) is 10.3. The first-order valence-corrected chi connectivity index (χ1v) is 6.92. The first kappa shape index (κ1) is 14.4. The third-order valence-corrected chi connectivity index (χ3v) is 3.78. The molecule has 4 nitrogen and oxygen atoms in total. The van der Waals surface area contributed by atoms with Crippen molar-refractivity contribution >= 4 is 33.2 Å². The highest BCUT2D eigenvalue weighted by atomic mass is 79.9. The molecule has 0 atom stereocenters. The van der Waals surface area contributed by atoms with Crippen LogP contribution in [0.1, 0.15) is 15.9 Å². The summed E-state index contributed by atoms with van der Waals surface area (Å²) in [5.41, 5.74) is 14.5. The van der Waals surface area contributed by atoms with Crippen molar-refractivity contribution in [1.82, 2.24) is 0 Å². The van der Waals surface area contributed by atoms with Crippen LogP contribution in [0.25, 0.3) is 0 Å². The number of hydrogen-bond acceptors (Lipinski definition) is 3. The number of benzene rings is 2. The highest BCUT2D eigenvalue weighted by molar-refractivity contribution is 9.10. The van der Waals surface area contributed by atoms with Gasteiger partial charge >= 0.3 is 0 Å². The van der Waals surface area contributed by atoms with Crippen LogP contribution in [0.3, 0.4) is 0 Å². The molecule has 0 aromatic heterocycles. The summed E-state index contributed by atoms with van der Waals surface area (Å²) in [5.74, 6) is -0.446. The number of anilines is 2. The Labute approximate surface area is 126 Å². The van der Waals surface area contributed by atoms with E-state index in [1.54, 1.807) is 6.07 Å². The van der Waals surface area contributed by atoms with Gasteiger partial charge in [0.2, 0.25) is 5.91 Å². The van der Waals surface area contributed by atoms with Crippen molar-refractivity contribution in [3.63, 3.8) is 0 Å². The number of hydrogen-bond donors (Lipinski definition) is 2. The summed E-state index contributed by atoms with van der Waals surface area (Å²) in [7, 11) is 1.97. The zero-order chi connectivity index (χ0) is 14.7. The molecule has 0 saturated heterocycles. The van der Waals surface area contributed by atoms with E-state index >= 15 is 0 Å². The second-order valence-corrected chi connectivity index (χ2v) is 5.44. The molecule has 0 unspecified atom stereocenters. The maximum absolute atomic E-state index is 11.2. The molecule has 2 aromatic rings. The molecular formula is C15H16BrN3O. The van der Waals surface area contributed by atoms with Crippen LogP contribution in [-0.4, -0.2) is 13.0 Å². The minimum absolute atomic E-state index is 0.446. The number of nitrogens with two attached hydrogens (primary N) is 2. The molecule has 0 aliphatic carbocycles. The van der Waals surface area contributed by atoms with Gasteiger partial charge in [0, 0.05) is 29.4 Å². The Bertz CT molecular complexity index is 643. The zero-order valence-corrected chi connectivity index (χ0v) is 12.7. The number of halogens is 1. The fourth-order valence-electron chi connectivity index (χ4n) is 1.97. The van der Waals surface area contributed by atoms with E-state index in [4.69, 9.17) is 11.5 Å². The van der Waals surface area contributed by atoms with Gasteiger partial charge in [0.25, 0.3) is 0 Å². The molecule has 2 rings (SSSR count). The fourth-order valence-corrected chi connectivity index (χ4v) is 2.53. The van der Waals surface area contributed by atoms with E-state index in [0.29, 0.717) is 16.6 Å². The smallest absolute Gasteiger partial charge is 0.249 e. The molecule has 0 fully saturated rings. The predicted octanol–water partition coefficient (Wildman–Crippen LogP) is 2.77. The highest BCUT2D eigenvalue weighted by Crippen LogP contribution is 2.25. The molecule has 0 spiro atoms. The number of amides is 1. The van der Waals surface area contributed by atoms with Crippen LogP contribution in [0, 0.1) is 0 Å². The number of para-hydroxylation sites is 1. The van der Waals surface area contributed by atoms with Crippen molar-refractivity contribution in [3.8, 4) is 0 Å². The molecule has 5 heteroatoms. The van der Waals surface area contributed by atoms with E-state index < -0.39 is 5.91 Å². The summed E-state index contributed by atoms with van der Waals surface area (Å²) in [4.78, 5) is 13.3. The van der Waals surface area contributed by atoms with Gasteiger partial charge < -0.3 is 16.4 Å².